The molecule has 0 aliphatic carbocycles. The van der Waals surface area contributed by atoms with Gasteiger partial charge in [0.15, 0.2) is 6.61 Å². The van der Waals surface area contributed by atoms with Crippen molar-refractivity contribution in [1.82, 2.24) is 15.5 Å². The molecule has 0 bridgehead atoms. The third kappa shape index (κ3) is 6.41. The fourth-order valence-corrected chi connectivity index (χ4v) is 2.91. The van der Waals surface area contributed by atoms with Crippen molar-refractivity contribution in [2.45, 2.75) is 44.9 Å². The van der Waals surface area contributed by atoms with Gasteiger partial charge in [0.1, 0.15) is 5.75 Å². The van der Waals surface area contributed by atoms with E-state index < -0.39 is 24.7 Å². The molecule has 0 saturated carbocycles. The Balaban J connectivity index is 1.99. The van der Waals surface area contributed by atoms with Gasteiger partial charge in [-0.1, -0.05) is 0 Å². The number of carboxylic acid groups (broad SMARTS) is 1. The molecule has 1 aliphatic rings. The molecule has 2 rings (SSSR count). The van der Waals surface area contributed by atoms with Gasteiger partial charge in [-0.05, 0) is 51.0 Å². The highest BCUT2D eigenvalue weighted by Crippen LogP contribution is 2.15. The minimum Gasteiger partial charge on any atom is -0.482 e. The lowest BCUT2D eigenvalue weighted by Crippen LogP contribution is -2.52. The Labute approximate surface area is 163 Å². The molecule has 1 aromatic rings. The van der Waals surface area contributed by atoms with E-state index in [4.69, 9.17) is 9.84 Å². The molecule has 28 heavy (non-hydrogen) atoms. The molecule has 9 heteroatoms. The Hall–Kier alpha value is -2.81. The summed E-state index contributed by atoms with van der Waals surface area (Å²) in [6, 6.07) is 5.22. The van der Waals surface area contributed by atoms with E-state index in [1.165, 1.54) is 24.3 Å². The number of hydrogen-bond donors (Lipinski definition) is 4. The summed E-state index contributed by atoms with van der Waals surface area (Å²) >= 11 is 0. The maximum Gasteiger partial charge on any atom is 0.341 e. The van der Waals surface area contributed by atoms with Gasteiger partial charge in [0.2, 0.25) is 0 Å². The van der Waals surface area contributed by atoms with Crippen LogP contribution in [0.2, 0.25) is 0 Å². The molecular weight excluding hydrogens is 366 g/mol. The zero-order valence-corrected chi connectivity index (χ0v) is 16.1. The number of aliphatic carboxylic acids is 1. The Bertz CT molecular complexity index is 691. The highest BCUT2D eigenvalue weighted by atomic mass is 16.5. The van der Waals surface area contributed by atoms with Crippen LogP contribution in [-0.4, -0.2) is 70.9 Å². The number of rotatable bonds is 6. The Kier molecular flexibility index (Phi) is 7.62. The van der Waals surface area contributed by atoms with Crippen molar-refractivity contribution in [1.29, 1.82) is 0 Å². The van der Waals surface area contributed by atoms with Crippen LogP contribution in [0.25, 0.3) is 0 Å². The van der Waals surface area contributed by atoms with Gasteiger partial charge in [-0.3, -0.25) is 4.79 Å². The predicted octanol–water partition coefficient (Wildman–Crippen LogP) is 0.823. The third-order valence-corrected chi connectivity index (χ3v) is 4.30. The first-order chi connectivity index (χ1) is 13.3. The van der Waals surface area contributed by atoms with E-state index in [1.54, 1.807) is 4.90 Å². The highest BCUT2D eigenvalue weighted by Gasteiger charge is 2.29. The average Bonchev–Trinajstić information content (AvgIpc) is 2.81. The van der Waals surface area contributed by atoms with Crippen LogP contribution < -0.4 is 15.4 Å². The first-order valence-electron chi connectivity index (χ1n) is 9.25. The van der Waals surface area contributed by atoms with Crippen molar-refractivity contribution < 1.29 is 29.3 Å². The van der Waals surface area contributed by atoms with Gasteiger partial charge < -0.3 is 30.5 Å². The van der Waals surface area contributed by atoms with E-state index >= 15 is 0 Å². The van der Waals surface area contributed by atoms with Crippen LogP contribution in [0.3, 0.4) is 0 Å². The number of ether oxygens (including phenoxy) is 1. The van der Waals surface area contributed by atoms with Crippen molar-refractivity contribution in [2.24, 2.45) is 0 Å². The van der Waals surface area contributed by atoms with Crippen molar-refractivity contribution in [2.75, 3.05) is 19.7 Å². The number of carboxylic acids is 1. The second-order valence-electron chi connectivity index (χ2n) is 7.05. The summed E-state index contributed by atoms with van der Waals surface area (Å²) in [5.74, 6) is -1.14. The number of nitrogens with zero attached hydrogens (tertiary/aromatic N) is 1. The Morgan fingerprint density at radius 1 is 1.25 bits per heavy atom. The molecule has 3 amide bonds. The number of likely N-dealkylation sites (tertiary alicyclic amines) is 1. The molecule has 2 atom stereocenters. The topological polar surface area (TPSA) is 128 Å². The number of benzene rings is 1. The maximum atomic E-state index is 12.5. The van der Waals surface area contributed by atoms with Crippen molar-refractivity contribution in [3.8, 4) is 5.75 Å². The van der Waals surface area contributed by atoms with Crippen molar-refractivity contribution in [3.05, 3.63) is 29.8 Å². The van der Waals surface area contributed by atoms with E-state index in [2.05, 4.69) is 10.6 Å². The largest absolute Gasteiger partial charge is 0.482 e. The Morgan fingerprint density at radius 3 is 2.54 bits per heavy atom. The molecule has 9 nitrogen and oxygen atoms in total. The van der Waals surface area contributed by atoms with E-state index in [1.807, 2.05) is 13.8 Å². The summed E-state index contributed by atoms with van der Waals surface area (Å²) in [4.78, 5) is 36.9. The molecule has 1 aromatic carbocycles. The third-order valence-electron chi connectivity index (χ3n) is 4.30. The van der Waals surface area contributed by atoms with Gasteiger partial charge >= 0.3 is 12.0 Å². The van der Waals surface area contributed by atoms with Crippen LogP contribution in [0.15, 0.2) is 24.3 Å². The van der Waals surface area contributed by atoms with Gasteiger partial charge in [-0.2, -0.15) is 0 Å². The standard InChI is InChI=1S/C19H27N3O6/c1-12(2)20-19(27)22-9-3-4-16(23)15(10-22)21-18(26)13-5-7-14(8-6-13)28-11-17(24)25/h5-8,12,15-16,23H,3-4,9-11H2,1-2H3,(H,20,27)(H,21,26)(H,24,25). The van der Waals surface area contributed by atoms with E-state index in [0.29, 0.717) is 30.7 Å². The molecule has 1 fully saturated rings. The van der Waals surface area contributed by atoms with E-state index in [-0.39, 0.29) is 24.5 Å². The zero-order valence-electron chi connectivity index (χ0n) is 16.1. The van der Waals surface area contributed by atoms with Gasteiger partial charge in [0, 0.05) is 24.7 Å². The second-order valence-corrected chi connectivity index (χ2v) is 7.05. The van der Waals surface area contributed by atoms with E-state index in [0.717, 1.165) is 0 Å². The molecule has 1 heterocycles. The summed E-state index contributed by atoms with van der Waals surface area (Å²) in [5, 5.41) is 24.6. The van der Waals surface area contributed by atoms with Gasteiger partial charge in [-0.25, -0.2) is 9.59 Å². The predicted molar refractivity (Wildman–Crippen MR) is 101 cm³/mol. The fraction of sp³-hybridized carbons (Fsp3) is 0.526. The molecule has 2 unspecified atom stereocenters. The quantitative estimate of drug-likeness (QED) is 0.567. The number of aliphatic hydroxyl groups excluding tert-OH is 1. The minimum absolute atomic E-state index is 0.00409. The summed E-state index contributed by atoms with van der Waals surface area (Å²) in [6.45, 7) is 4.00. The number of amides is 3. The lowest BCUT2D eigenvalue weighted by molar-refractivity contribution is -0.139. The van der Waals surface area contributed by atoms with Crippen LogP contribution in [0, 0.1) is 0 Å². The number of carbonyl (C=O) groups excluding carboxylic acids is 2. The maximum absolute atomic E-state index is 12.5. The van der Waals surface area contributed by atoms with Crippen LogP contribution in [0.1, 0.15) is 37.0 Å². The Morgan fingerprint density at radius 2 is 1.93 bits per heavy atom. The number of aliphatic hydroxyl groups is 1. The summed E-state index contributed by atoms with van der Waals surface area (Å²) in [6.07, 6.45) is 0.381. The van der Waals surface area contributed by atoms with Gasteiger partial charge in [0.25, 0.3) is 5.91 Å². The number of hydrogen-bond acceptors (Lipinski definition) is 5. The van der Waals surface area contributed by atoms with Crippen molar-refractivity contribution in [3.63, 3.8) is 0 Å². The highest BCUT2D eigenvalue weighted by molar-refractivity contribution is 5.94. The molecule has 0 spiro atoms. The molecule has 1 saturated heterocycles. The summed E-state index contributed by atoms with van der Waals surface area (Å²) in [5.41, 5.74) is 0.345. The first-order valence-corrected chi connectivity index (χ1v) is 9.25. The molecule has 0 radical (unpaired) electrons. The number of urea groups is 1. The lowest BCUT2D eigenvalue weighted by atomic mass is 10.1. The monoisotopic (exact) mass is 393 g/mol. The first kappa shape index (κ1) is 21.5. The summed E-state index contributed by atoms with van der Waals surface area (Å²) < 4.78 is 5.04. The van der Waals surface area contributed by atoms with Gasteiger partial charge in [-0.15, -0.1) is 0 Å². The smallest absolute Gasteiger partial charge is 0.341 e. The van der Waals surface area contributed by atoms with Crippen LogP contribution in [0.4, 0.5) is 4.79 Å². The SMILES string of the molecule is CC(C)NC(=O)N1CCCC(O)C(NC(=O)c2ccc(OCC(=O)O)cc2)C1. The van der Waals surface area contributed by atoms with Gasteiger partial charge in [0.05, 0.1) is 12.1 Å². The molecule has 154 valence electrons. The molecule has 4 N–H and O–H groups in total. The number of carbonyl (C=O) groups is 3. The average molecular weight is 393 g/mol. The van der Waals surface area contributed by atoms with Crippen LogP contribution in [-0.2, 0) is 4.79 Å². The molecular formula is C19H27N3O6. The van der Waals surface area contributed by atoms with Crippen molar-refractivity contribution >= 4 is 17.9 Å². The fourth-order valence-electron chi connectivity index (χ4n) is 2.91. The molecule has 1 aliphatic heterocycles. The zero-order chi connectivity index (χ0) is 20.7. The van der Waals surface area contributed by atoms with Crippen LogP contribution >= 0.6 is 0 Å². The van der Waals surface area contributed by atoms with Crippen LogP contribution in [0.5, 0.6) is 5.75 Å². The molecule has 0 aromatic heterocycles. The lowest BCUT2D eigenvalue weighted by Gasteiger charge is -2.28. The van der Waals surface area contributed by atoms with E-state index in [9.17, 15) is 19.5 Å². The second kappa shape index (κ2) is 9.93. The normalized spacial score (nSPS) is 19.6. The number of nitrogens with one attached hydrogen (secondary N) is 2. The summed E-state index contributed by atoms with van der Waals surface area (Å²) in [7, 11) is 0. The minimum atomic E-state index is -1.09.